The number of halogens is 1. The van der Waals surface area contributed by atoms with Gasteiger partial charge < -0.3 is 11.5 Å². The number of aromatic nitrogens is 1. The summed E-state index contributed by atoms with van der Waals surface area (Å²) in [5.41, 5.74) is 15.4. The number of rotatable bonds is 2. The lowest BCUT2D eigenvalue weighted by Gasteiger charge is -2.18. The third-order valence-corrected chi connectivity index (χ3v) is 3.13. The number of pyridine rings is 1. The van der Waals surface area contributed by atoms with Crippen LogP contribution in [0.2, 0.25) is 0 Å². The summed E-state index contributed by atoms with van der Waals surface area (Å²) >= 11 is 0. The van der Waals surface area contributed by atoms with Crippen LogP contribution in [-0.2, 0) is 0 Å². The summed E-state index contributed by atoms with van der Waals surface area (Å²) in [5, 5.41) is 0. The largest absolute Gasteiger partial charge is 0.383 e. The molecular formula is C14H16FN3. The molecule has 1 aromatic carbocycles. The highest BCUT2D eigenvalue weighted by Crippen LogP contribution is 2.28. The van der Waals surface area contributed by atoms with Crippen molar-refractivity contribution in [2.75, 3.05) is 5.73 Å². The van der Waals surface area contributed by atoms with Crippen LogP contribution in [-0.4, -0.2) is 4.98 Å². The van der Waals surface area contributed by atoms with E-state index in [1.807, 2.05) is 19.9 Å². The lowest BCUT2D eigenvalue weighted by molar-refractivity contribution is 0.622. The van der Waals surface area contributed by atoms with E-state index in [-0.39, 0.29) is 5.82 Å². The molecule has 2 aromatic rings. The minimum absolute atomic E-state index is 0.300. The zero-order valence-corrected chi connectivity index (χ0v) is 10.4. The van der Waals surface area contributed by atoms with Gasteiger partial charge in [-0.1, -0.05) is 6.07 Å². The Balaban J connectivity index is 2.54. The van der Waals surface area contributed by atoms with Crippen LogP contribution in [0.1, 0.15) is 28.3 Å². The summed E-state index contributed by atoms with van der Waals surface area (Å²) in [6.07, 6.45) is 1.64. The van der Waals surface area contributed by atoms with Crippen LogP contribution >= 0.6 is 0 Å². The third-order valence-electron chi connectivity index (χ3n) is 3.13. The summed E-state index contributed by atoms with van der Waals surface area (Å²) < 4.78 is 13.3. The highest BCUT2D eigenvalue weighted by atomic mass is 19.1. The molecule has 0 saturated heterocycles. The third kappa shape index (κ3) is 2.19. The number of nitrogen functional groups attached to an aromatic ring is 1. The molecule has 1 unspecified atom stereocenters. The summed E-state index contributed by atoms with van der Waals surface area (Å²) in [6, 6.07) is 5.97. The number of hydrogen-bond acceptors (Lipinski definition) is 3. The Morgan fingerprint density at radius 3 is 2.56 bits per heavy atom. The van der Waals surface area contributed by atoms with Crippen molar-refractivity contribution in [1.82, 2.24) is 4.98 Å². The quantitative estimate of drug-likeness (QED) is 0.854. The maximum absolute atomic E-state index is 13.3. The van der Waals surface area contributed by atoms with Crippen molar-refractivity contribution in [3.05, 3.63) is 58.5 Å². The number of anilines is 1. The van der Waals surface area contributed by atoms with E-state index in [9.17, 15) is 4.39 Å². The second kappa shape index (κ2) is 4.74. The maximum atomic E-state index is 13.3. The van der Waals surface area contributed by atoms with Gasteiger partial charge in [0.15, 0.2) is 0 Å². The van der Waals surface area contributed by atoms with E-state index in [4.69, 9.17) is 11.5 Å². The molecule has 18 heavy (non-hydrogen) atoms. The van der Waals surface area contributed by atoms with Gasteiger partial charge in [-0.3, -0.25) is 0 Å². The Hall–Kier alpha value is -1.94. The van der Waals surface area contributed by atoms with Gasteiger partial charge >= 0.3 is 0 Å². The van der Waals surface area contributed by atoms with Crippen LogP contribution in [0.5, 0.6) is 0 Å². The lowest BCUT2D eigenvalue weighted by atomic mass is 9.93. The molecular weight excluding hydrogens is 229 g/mol. The van der Waals surface area contributed by atoms with Crippen LogP contribution in [0.4, 0.5) is 10.2 Å². The Morgan fingerprint density at radius 2 is 1.89 bits per heavy atom. The van der Waals surface area contributed by atoms with Gasteiger partial charge in [-0.2, -0.15) is 0 Å². The van der Waals surface area contributed by atoms with Gasteiger partial charge in [0.1, 0.15) is 11.6 Å². The van der Waals surface area contributed by atoms with E-state index in [0.29, 0.717) is 5.82 Å². The molecule has 2 rings (SSSR count). The Labute approximate surface area is 106 Å². The molecule has 0 aliphatic heterocycles. The van der Waals surface area contributed by atoms with E-state index in [1.165, 1.54) is 12.1 Å². The molecule has 0 spiro atoms. The summed E-state index contributed by atoms with van der Waals surface area (Å²) in [7, 11) is 0. The molecule has 1 atom stereocenters. The minimum Gasteiger partial charge on any atom is -0.383 e. The Morgan fingerprint density at radius 1 is 1.17 bits per heavy atom. The van der Waals surface area contributed by atoms with E-state index < -0.39 is 6.04 Å². The molecule has 4 heteroatoms. The van der Waals surface area contributed by atoms with Crippen molar-refractivity contribution in [2.45, 2.75) is 19.9 Å². The molecule has 94 valence electrons. The average molecular weight is 245 g/mol. The maximum Gasteiger partial charge on any atom is 0.128 e. The van der Waals surface area contributed by atoms with Crippen molar-refractivity contribution in [3.8, 4) is 0 Å². The monoisotopic (exact) mass is 245 g/mol. The highest BCUT2D eigenvalue weighted by molar-refractivity contribution is 5.50. The average Bonchev–Trinajstić information content (AvgIpc) is 2.32. The Kier molecular flexibility index (Phi) is 3.30. The van der Waals surface area contributed by atoms with Crippen LogP contribution < -0.4 is 11.5 Å². The van der Waals surface area contributed by atoms with Crippen molar-refractivity contribution >= 4 is 5.82 Å². The van der Waals surface area contributed by atoms with Crippen LogP contribution in [0, 0.1) is 19.7 Å². The molecule has 0 aliphatic carbocycles. The van der Waals surface area contributed by atoms with Crippen molar-refractivity contribution in [2.24, 2.45) is 5.73 Å². The first-order valence-electron chi connectivity index (χ1n) is 5.73. The fourth-order valence-electron chi connectivity index (χ4n) is 2.10. The fourth-order valence-corrected chi connectivity index (χ4v) is 2.10. The molecule has 1 heterocycles. The smallest absolute Gasteiger partial charge is 0.128 e. The second-order valence-corrected chi connectivity index (χ2v) is 4.41. The van der Waals surface area contributed by atoms with Crippen molar-refractivity contribution < 1.29 is 4.39 Å². The van der Waals surface area contributed by atoms with Gasteiger partial charge in [0.2, 0.25) is 0 Å². The number of nitrogens with zero attached hydrogens (tertiary/aromatic N) is 1. The van der Waals surface area contributed by atoms with Crippen LogP contribution in [0.15, 0.2) is 30.5 Å². The number of hydrogen-bond donors (Lipinski definition) is 2. The molecule has 4 N–H and O–H groups in total. The van der Waals surface area contributed by atoms with Crippen molar-refractivity contribution in [3.63, 3.8) is 0 Å². The summed E-state index contributed by atoms with van der Waals surface area (Å²) in [4.78, 5) is 4.04. The molecule has 3 nitrogen and oxygen atoms in total. The lowest BCUT2D eigenvalue weighted by Crippen LogP contribution is -2.17. The van der Waals surface area contributed by atoms with Gasteiger partial charge in [-0.05, 0) is 48.7 Å². The number of benzene rings is 1. The topological polar surface area (TPSA) is 64.9 Å². The van der Waals surface area contributed by atoms with Crippen LogP contribution in [0.25, 0.3) is 0 Å². The van der Waals surface area contributed by atoms with E-state index in [2.05, 4.69) is 4.98 Å². The minimum atomic E-state index is -0.464. The first-order valence-corrected chi connectivity index (χ1v) is 5.73. The number of nitrogens with two attached hydrogens (primary N) is 2. The number of aryl methyl sites for hydroxylation is 2. The van der Waals surface area contributed by atoms with Gasteiger partial charge in [0.25, 0.3) is 0 Å². The first kappa shape index (κ1) is 12.5. The SMILES string of the molecule is Cc1ccc(F)cc1C(N)c1c(C)ccnc1N. The van der Waals surface area contributed by atoms with Gasteiger partial charge in [0, 0.05) is 11.8 Å². The zero-order valence-electron chi connectivity index (χ0n) is 10.4. The van der Waals surface area contributed by atoms with E-state index in [1.54, 1.807) is 12.3 Å². The van der Waals surface area contributed by atoms with Gasteiger partial charge in [-0.25, -0.2) is 9.37 Å². The van der Waals surface area contributed by atoms with E-state index >= 15 is 0 Å². The highest BCUT2D eigenvalue weighted by Gasteiger charge is 2.17. The molecule has 0 bridgehead atoms. The normalized spacial score (nSPS) is 12.4. The molecule has 0 aliphatic rings. The Bertz CT molecular complexity index is 561. The summed E-state index contributed by atoms with van der Waals surface area (Å²) in [5.74, 6) is 0.0947. The van der Waals surface area contributed by atoms with Crippen molar-refractivity contribution in [1.29, 1.82) is 0 Å². The predicted molar refractivity (Wildman–Crippen MR) is 70.6 cm³/mol. The standard InChI is InChI=1S/C14H16FN3/c1-8-3-4-10(15)7-11(8)13(16)12-9(2)5-6-18-14(12)17/h3-7,13H,16H2,1-2H3,(H2,17,18). The predicted octanol–water partition coefficient (Wildman–Crippen LogP) is 2.47. The summed E-state index contributed by atoms with van der Waals surface area (Å²) in [6.45, 7) is 3.82. The van der Waals surface area contributed by atoms with E-state index in [0.717, 1.165) is 22.3 Å². The fraction of sp³-hybridized carbons (Fsp3) is 0.214. The molecule has 0 radical (unpaired) electrons. The van der Waals surface area contributed by atoms with Gasteiger partial charge in [0.05, 0.1) is 6.04 Å². The van der Waals surface area contributed by atoms with Gasteiger partial charge in [-0.15, -0.1) is 0 Å². The molecule has 1 aromatic heterocycles. The first-order chi connectivity index (χ1) is 8.50. The molecule has 0 saturated carbocycles. The van der Waals surface area contributed by atoms with Crippen LogP contribution in [0.3, 0.4) is 0 Å². The molecule has 0 fully saturated rings. The molecule has 0 amide bonds. The zero-order chi connectivity index (χ0) is 13.3. The second-order valence-electron chi connectivity index (χ2n) is 4.41.